The first-order valence-corrected chi connectivity index (χ1v) is 21.2. The summed E-state index contributed by atoms with van der Waals surface area (Å²) in [6.45, 7) is 5.08. The maximum atomic E-state index is 14.2. The van der Waals surface area contributed by atoms with E-state index in [-0.39, 0.29) is 37.3 Å². The van der Waals surface area contributed by atoms with Gasteiger partial charge >= 0.3 is 18.2 Å². The SMILES string of the molecule is Cc1c2ccc(c1Cl)O[C@@H](CN1CCN(C)CC1)COc1ccc(OCc3ccnc(OCCC(F)(F)F)n3)c(c1)C[C@H](C(=O)O)Oc1ncnc3sc(-c4ccc(F)cc4)c-2c13. The summed E-state index contributed by atoms with van der Waals surface area (Å²) in [5.74, 6) is -0.616. The molecule has 0 amide bonds. The predicted molar refractivity (Wildman–Crippen MR) is 227 cm³/mol. The Morgan fingerprint density at radius 2 is 1.79 bits per heavy atom. The van der Waals surface area contributed by atoms with E-state index in [2.05, 4.69) is 36.8 Å². The Kier molecular flexibility index (Phi) is 13.1. The van der Waals surface area contributed by atoms with Gasteiger partial charge in [-0.25, -0.2) is 24.1 Å². The molecule has 6 heterocycles. The molecule has 63 heavy (non-hydrogen) atoms. The van der Waals surface area contributed by atoms with Crippen LogP contribution in [0.3, 0.4) is 0 Å². The van der Waals surface area contributed by atoms with Crippen molar-refractivity contribution in [1.29, 1.82) is 0 Å². The van der Waals surface area contributed by atoms with E-state index in [1.165, 1.54) is 42.1 Å². The van der Waals surface area contributed by atoms with Gasteiger partial charge < -0.3 is 33.7 Å². The Labute approximate surface area is 368 Å². The van der Waals surface area contributed by atoms with Gasteiger partial charge in [0, 0.05) is 61.3 Å². The Balaban J connectivity index is 1.20. The minimum atomic E-state index is -4.41. The molecule has 3 aliphatic rings. The number of carbonyl (C=O) groups is 1. The highest BCUT2D eigenvalue weighted by Crippen LogP contribution is 2.49. The summed E-state index contributed by atoms with van der Waals surface area (Å²) in [5, 5.41) is 11.5. The summed E-state index contributed by atoms with van der Waals surface area (Å²) in [6.07, 6.45) is -5.20. The standard InChI is InChI=1S/C44H41ClF4N6O7S/c1-25-32-8-10-34(38(25)45)61-31(21-55-16-14-54(2)15-17-55)23-59-30-7-9-33(60-22-29-11-13-50-43(53-29)58-18-12-44(47,48)49)27(19-30)20-35(42(56)57)62-40-37-36(32)39(63-41(37)52-24-51-40)26-3-5-28(46)6-4-26/h3-11,13,19,24,31,35H,12,14-18,20-23H2,1-2H3,(H,56,57)/t31-,35+/m0/s1. The molecule has 0 unspecified atom stereocenters. The van der Waals surface area contributed by atoms with Gasteiger partial charge in [0.25, 0.3) is 0 Å². The zero-order valence-corrected chi connectivity index (χ0v) is 35.6. The third-order valence-electron chi connectivity index (χ3n) is 10.6. The molecule has 1 saturated heterocycles. The van der Waals surface area contributed by atoms with E-state index in [4.69, 9.17) is 35.3 Å². The summed E-state index contributed by atoms with van der Waals surface area (Å²) in [7, 11) is 2.08. The van der Waals surface area contributed by atoms with E-state index in [9.17, 15) is 27.5 Å². The fourth-order valence-electron chi connectivity index (χ4n) is 7.29. The van der Waals surface area contributed by atoms with Crippen LogP contribution >= 0.6 is 22.9 Å². The molecular weight excluding hydrogens is 868 g/mol. The number of fused-ring (bicyclic) bond motifs is 7. The summed E-state index contributed by atoms with van der Waals surface area (Å²) >= 11 is 8.49. The number of aromatic nitrogens is 4. The van der Waals surface area contributed by atoms with Crippen LogP contribution in [-0.2, 0) is 17.8 Å². The van der Waals surface area contributed by atoms with Crippen LogP contribution in [0.5, 0.6) is 29.1 Å². The summed E-state index contributed by atoms with van der Waals surface area (Å²) < 4.78 is 83.1. The van der Waals surface area contributed by atoms with Crippen LogP contribution in [0.4, 0.5) is 17.6 Å². The van der Waals surface area contributed by atoms with Crippen molar-refractivity contribution in [1.82, 2.24) is 29.7 Å². The van der Waals surface area contributed by atoms with E-state index in [1.54, 1.807) is 36.4 Å². The minimum absolute atomic E-state index is 0.00618. The number of aliphatic carboxylic acids is 1. The van der Waals surface area contributed by atoms with Crippen LogP contribution in [0.25, 0.3) is 31.8 Å². The monoisotopic (exact) mass is 908 g/mol. The number of carboxylic acids is 1. The molecule has 9 rings (SSSR count). The summed E-state index contributed by atoms with van der Waals surface area (Å²) in [5.41, 5.74) is 3.34. The van der Waals surface area contributed by atoms with Crippen LogP contribution in [0.2, 0.25) is 5.02 Å². The van der Waals surface area contributed by atoms with E-state index < -0.39 is 43.2 Å². The van der Waals surface area contributed by atoms with Crippen molar-refractivity contribution in [2.75, 3.05) is 53.0 Å². The molecule has 3 aliphatic heterocycles. The number of piperazine rings is 1. The number of nitrogens with zero attached hydrogens (tertiary/aromatic N) is 6. The zero-order valence-electron chi connectivity index (χ0n) is 34.0. The number of alkyl halides is 3. The Hall–Kier alpha value is -5.82. The van der Waals surface area contributed by atoms with Crippen LogP contribution in [-0.4, -0.2) is 112 Å². The lowest BCUT2D eigenvalue weighted by atomic mass is 9.96. The van der Waals surface area contributed by atoms with Crippen molar-refractivity contribution in [3.8, 4) is 50.7 Å². The molecule has 13 nitrogen and oxygen atoms in total. The molecule has 19 heteroatoms. The molecule has 330 valence electrons. The van der Waals surface area contributed by atoms with Gasteiger partial charge in [-0.2, -0.15) is 18.2 Å². The van der Waals surface area contributed by atoms with Crippen molar-refractivity contribution < 1.29 is 51.1 Å². The number of likely N-dealkylation sites (N-methyl/N-ethyl adjacent to an activating group) is 1. The number of thiophene rings is 1. The number of ether oxygens (including phenoxy) is 5. The van der Waals surface area contributed by atoms with Crippen LogP contribution in [0.15, 0.2) is 73.2 Å². The first-order chi connectivity index (χ1) is 30.3. The fourth-order valence-corrected chi connectivity index (χ4v) is 8.65. The number of hydrogen-bond acceptors (Lipinski definition) is 13. The Morgan fingerprint density at radius 3 is 2.56 bits per heavy atom. The highest BCUT2D eigenvalue weighted by molar-refractivity contribution is 7.22. The third kappa shape index (κ3) is 10.5. The summed E-state index contributed by atoms with van der Waals surface area (Å²) in [6, 6.07) is 15.9. The minimum Gasteiger partial charge on any atom is -0.490 e. The first-order valence-electron chi connectivity index (χ1n) is 20.0. The molecule has 4 bridgehead atoms. The van der Waals surface area contributed by atoms with Crippen molar-refractivity contribution in [2.45, 2.75) is 44.8 Å². The Bertz CT molecular complexity index is 2590. The predicted octanol–water partition coefficient (Wildman–Crippen LogP) is 8.29. The van der Waals surface area contributed by atoms with Gasteiger partial charge in [-0.3, -0.25) is 4.90 Å². The molecule has 1 N–H and O–H groups in total. The summed E-state index contributed by atoms with van der Waals surface area (Å²) in [4.78, 5) is 36.0. The lowest BCUT2D eigenvalue weighted by Crippen LogP contribution is -2.49. The largest absolute Gasteiger partial charge is 0.490 e. The smallest absolute Gasteiger partial charge is 0.392 e. The number of benzene rings is 3. The molecule has 0 aliphatic carbocycles. The van der Waals surface area contributed by atoms with Gasteiger partial charge in [0.05, 0.1) is 22.5 Å². The number of carboxylic acid groups (broad SMARTS) is 1. The third-order valence-corrected chi connectivity index (χ3v) is 12.2. The van der Waals surface area contributed by atoms with Crippen molar-refractivity contribution in [3.05, 3.63) is 101 Å². The molecule has 1 fully saturated rings. The van der Waals surface area contributed by atoms with E-state index in [0.717, 1.165) is 26.2 Å². The van der Waals surface area contributed by atoms with Gasteiger partial charge in [0.2, 0.25) is 12.0 Å². The molecule has 0 spiro atoms. The topological polar surface area (TPSA) is 141 Å². The first kappa shape index (κ1) is 43.8. The molecule has 3 aromatic carbocycles. The lowest BCUT2D eigenvalue weighted by molar-refractivity contribution is -0.145. The highest BCUT2D eigenvalue weighted by Gasteiger charge is 2.30. The van der Waals surface area contributed by atoms with Gasteiger partial charge in [-0.05, 0) is 73.1 Å². The second-order valence-corrected chi connectivity index (χ2v) is 16.5. The quantitative estimate of drug-likeness (QED) is 0.132. The van der Waals surface area contributed by atoms with Crippen molar-refractivity contribution >= 4 is 39.1 Å². The average molecular weight is 909 g/mol. The van der Waals surface area contributed by atoms with Gasteiger partial charge in [-0.15, -0.1) is 11.3 Å². The maximum absolute atomic E-state index is 14.2. The Morgan fingerprint density at radius 1 is 1.00 bits per heavy atom. The van der Waals surface area contributed by atoms with E-state index in [0.29, 0.717) is 71.7 Å². The van der Waals surface area contributed by atoms with Crippen LogP contribution < -0.4 is 23.7 Å². The molecule has 2 atom stereocenters. The van der Waals surface area contributed by atoms with Crippen molar-refractivity contribution in [2.24, 2.45) is 0 Å². The molecule has 6 aromatic rings. The van der Waals surface area contributed by atoms with Gasteiger partial charge in [-0.1, -0.05) is 29.8 Å². The normalized spacial score (nSPS) is 17.4. The van der Waals surface area contributed by atoms with Crippen molar-refractivity contribution in [3.63, 3.8) is 0 Å². The second-order valence-electron chi connectivity index (χ2n) is 15.1. The van der Waals surface area contributed by atoms with E-state index in [1.807, 2.05) is 13.0 Å². The van der Waals surface area contributed by atoms with Gasteiger partial charge in [0.15, 0.2) is 0 Å². The van der Waals surface area contributed by atoms with E-state index >= 15 is 0 Å². The number of rotatable bonds is 10. The van der Waals surface area contributed by atoms with Crippen LogP contribution in [0, 0.1) is 12.7 Å². The molecule has 3 aromatic heterocycles. The fraction of sp³-hybridized carbons (Fsp3) is 0.341. The molecular formula is C44H41ClF4N6O7S. The molecule has 0 saturated carbocycles. The second kappa shape index (κ2) is 18.9. The highest BCUT2D eigenvalue weighted by atomic mass is 35.5. The lowest BCUT2D eigenvalue weighted by Gasteiger charge is -2.34. The number of hydrogen-bond donors (Lipinski definition) is 1. The van der Waals surface area contributed by atoms with Gasteiger partial charge in [0.1, 0.15) is 60.1 Å². The maximum Gasteiger partial charge on any atom is 0.392 e. The zero-order chi connectivity index (χ0) is 44.3. The van der Waals surface area contributed by atoms with Crippen LogP contribution in [0.1, 0.15) is 23.2 Å². The molecule has 0 radical (unpaired) electrons. The average Bonchev–Trinajstić information content (AvgIpc) is 3.64. The number of halogens is 5.